The van der Waals surface area contributed by atoms with E-state index < -0.39 is 0 Å². The lowest BCUT2D eigenvalue weighted by Gasteiger charge is -2.12. The maximum Gasteiger partial charge on any atom is 0.253 e. The molecule has 2 rings (SSSR count). The molecular formula is C21H25ClN2O3. The first-order chi connectivity index (χ1) is 12.9. The van der Waals surface area contributed by atoms with E-state index in [0.29, 0.717) is 30.2 Å². The Morgan fingerprint density at radius 1 is 1.07 bits per heavy atom. The number of nitrogens with one attached hydrogen (secondary N) is 2. The number of carbonyl (C=O) groups is 2. The molecule has 2 aromatic carbocycles. The van der Waals surface area contributed by atoms with E-state index in [2.05, 4.69) is 23.6 Å². The number of benzene rings is 2. The molecule has 5 nitrogen and oxygen atoms in total. The molecule has 0 spiro atoms. The number of ether oxygens (including phenoxy) is 1. The molecule has 0 radical (unpaired) electrons. The zero-order valence-corrected chi connectivity index (χ0v) is 16.7. The van der Waals surface area contributed by atoms with Gasteiger partial charge in [0.2, 0.25) is 5.91 Å². The molecule has 27 heavy (non-hydrogen) atoms. The first-order valence-electron chi connectivity index (χ1n) is 8.88. The van der Waals surface area contributed by atoms with Gasteiger partial charge < -0.3 is 15.4 Å². The SMILES string of the molecule is Cc1cc(C)c(C)c(OCCCNC(=O)CNC(=O)c2ccccc2Cl)c1. The minimum absolute atomic E-state index is 0.0961. The predicted octanol–water partition coefficient (Wildman–Crippen LogP) is 3.58. The first kappa shape index (κ1) is 20.8. The van der Waals surface area contributed by atoms with Gasteiger partial charge in [0, 0.05) is 6.54 Å². The highest BCUT2D eigenvalue weighted by Crippen LogP contribution is 2.23. The summed E-state index contributed by atoms with van der Waals surface area (Å²) < 4.78 is 5.81. The number of aryl methyl sites for hydroxylation is 2. The van der Waals surface area contributed by atoms with Crippen LogP contribution in [-0.4, -0.2) is 31.5 Å². The van der Waals surface area contributed by atoms with Crippen molar-refractivity contribution in [2.24, 2.45) is 0 Å². The molecule has 0 unspecified atom stereocenters. The Hall–Kier alpha value is -2.53. The molecule has 0 saturated heterocycles. The minimum atomic E-state index is -0.371. The Morgan fingerprint density at radius 3 is 2.56 bits per heavy atom. The molecule has 0 bridgehead atoms. The zero-order valence-electron chi connectivity index (χ0n) is 15.9. The summed E-state index contributed by atoms with van der Waals surface area (Å²) in [5.74, 6) is 0.258. The molecule has 2 aromatic rings. The van der Waals surface area contributed by atoms with Crippen LogP contribution in [-0.2, 0) is 4.79 Å². The summed E-state index contributed by atoms with van der Waals surface area (Å²) >= 11 is 5.96. The summed E-state index contributed by atoms with van der Waals surface area (Å²) in [5, 5.41) is 5.68. The Balaban J connectivity index is 1.67. The fraction of sp³-hybridized carbons (Fsp3) is 0.333. The number of carbonyl (C=O) groups excluding carboxylic acids is 2. The maximum atomic E-state index is 12.0. The third-order valence-corrected chi connectivity index (χ3v) is 4.52. The van der Waals surface area contributed by atoms with E-state index in [1.165, 1.54) is 5.56 Å². The van der Waals surface area contributed by atoms with Gasteiger partial charge in [-0.1, -0.05) is 29.8 Å². The van der Waals surface area contributed by atoms with E-state index in [1.807, 2.05) is 19.9 Å². The van der Waals surface area contributed by atoms with Crippen LogP contribution >= 0.6 is 11.6 Å². The van der Waals surface area contributed by atoms with Crippen LogP contribution in [0.25, 0.3) is 0 Å². The van der Waals surface area contributed by atoms with Crippen molar-refractivity contribution >= 4 is 23.4 Å². The molecule has 2 N–H and O–H groups in total. The van der Waals surface area contributed by atoms with Crippen LogP contribution in [0.5, 0.6) is 5.75 Å². The minimum Gasteiger partial charge on any atom is -0.493 e. The lowest BCUT2D eigenvalue weighted by atomic mass is 10.1. The van der Waals surface area contributed by atoms with Crippen LogP contribution in [0.3, 0.4) is 0 Å². The van der Waals surface area contributed by atoms with Crippen molar-refractivity contribution in [3.8, 4) is 5.75 Å². The molecule has 0 fully saturated rings. The summed E-state index contributed by atoms with van der Waals surface area (Å²) in [5.41, 5.74) is 3.85. The topological polar surface area (TPSA) is 67.4 Å². The largest absolute Gasteiger partial charge is 0.493 e. The van der Waals surface area contributed by atoms with Crippen molar-refractivity contribution in [2.75, 3.05) is 19.7 Å². The van der Waals surface area contributed by atoms with Gasteiger partial charge in [-0.2, -0.15) is 0 Å². The Bertz CT molecular complexity index is 821. The van der Waals surface area contributed by atoms with Crippen LogP contribution in [0.4, 0.5) is 0 Å². The van der Waals surface area contributed by atoms with Gasteiger partial charge in [-0.05, 0) is 62.1 Å². The average molecular weight is 389 g/mol. The third kappa shape index (κ3) is 6.29. The number of amides is 2. The third-order valence-electron chi connectivity index (χ3n) is 4.19. The van der Waals surface area contributed by atoms with Gasteiger partial charge in [0.25, 0.3) is 5.91 Å². The van der Waals surface area contributed by atoms with Gasteiger partial charge in [0.15, 0.2) is 0 Å². The lowest BCUT2D eigenvalue weighted by molar-refractivity contribution is -0.120. The monoisotopic (exact) mass is 388 g/mol. The van der Waals surface area contributed by atoms with Gasteiger partial charge in [-0.15, -0.1) is 0 Å². The molecule has 0 saturated carbocycles. The standard InChI is InChI=1S/C21H25ClN2O3/c1-14-11-15(2)16(3)19(12-14)27-10-6-9-23-20(25)13-24-21(26)17-7-4-5-8-18(17)22/h4-5,7-8,11-12H,6,9-10,13H2,1-3H3,(H,23,25)(H,24,26). The molecular weight excluding hydrogens is 364 g/mol. The van der Waals surface area contributed by atoms with Crippen LogP contribution in [0.2, 0.25) is 5.02 Å². The van der Waals surface area contributed by atoms with Crippen LogP contribution in [0.15, 0.2) is 36.4 Å². The summed E-state index contributed by atoms with van der Waals surface area (Å²) in [4.78, 5) is 23.8. The number of halogens is 1. The number of rotatable bonds is 8. The molecule has 6 heteroatoms. The second-order valence-corrected chi connectivity index (χ2v) is 6.83. The van der Waals surface area contributed by atoms with E-state index in [1.54, 1.807) is 24.3 Å². The Kier molecular flexibility index (Phi) is 7.67. The normalized spacial score (nSPS) is 10.4. The fourth-order valence-electron chi connectivity index (χ4n) is 2.60. The molecule has 2 amide bonds. The fourth-order valence-corrected chi connectivity index (χ4v) is 2.82. The van der Waals surface area contributed by atoms with Crippen molar-refractivity contribution in [3.63, 3.8) is 0 Å². The van der Waals surface area contributed by atoms with Gasteiger partial charge in [-0.3, -0.25) is 9.59 Å². The average Bonchev–Trinajstić information content (AvgIpc) is 2.63. The van der Waals surface area contributed by atoms with Crippen LogP contribution in [0, 0.1) is 20.8 Å². The van der Waals surface area contributed by atoms with Gasteiger partial charge >= 0.3 is 0 Å². The highest BCUT2D eigenvalue weighted by Gasteiger charge is 2.10. The Morgan fingerprint density at radius 2 is 1.81 bits per heavy atom. The van der Waals surface area contributed by atoms with E-state index in [9.17, 15) is 9.59 Å². The first-order valence-corrected chi connectivity index (χ1v) is 9.26. The molecule has 0 heterocycles. The lowest BCUT2D eigenvalue weighted by Crippen LogP contribution is -2.37. The van der Waals surface area contributed by atoms with E-state index in [4.69, 9.17) is 16.3 Å². The summed E-state index contributed by atoms with van der Waals surface area (Å²) in [6.45, 7) is 7.03. The maximum absolute atomic E-state index is 12.0. The van der Waals surface area contributed by atoms with E-state index >= 15 is 0 Å². The highest BCUT2D eigenvalue weighted by atomic mass is 35.5. The molecule has 144 valence electrons. The van der Waals surface area contributed by atoms with Crippen molar-refractivity contribution in [1.82, 2.24) is 10.6 Å². The van der Waals surface area contributed by atoms with Crippen LogP contribution in [0.1, 0.15) is 33.5 Å². The molecule has 0 aliphatic rings. The van der Waals surface area contributed by atoms with Crippen molar-refractivity contribution < 1.29 is 14.3 Å². The number of hydrogen-bond acceptors (Lipinski definition) is 3. The quantitative estimate of drug-likeness (QED) is 0.679. The smallest absolute Gasteiger partial charge is 0.253 e. The van der Waals surface area contributed by atoms with Crippen molar-refractivity contribution in [3.05, 3.63) is 63.7 Å². The second kappa shape index (κ2) is 9.97. The van der Waals surface area contributed by atoms with E-state index in [0.717, 1.165) is 16.9 Å². The Labute approximate surface area is 165 Å². The van der Waals surface area contributed by atoms with Crippen molar-refractivity contribution in [2.45, 2.75) is 27.2 Å². The zero-order chi connectivity index (χ0) is 19.8. The number of hydrogen-bond donors (Lipinski definition) is 2. The van der Waals surface area contributed by atoms with Gasteiger partial charge in [0.05, 0.1) is 23.7 Å². The van der Waals surface area contributed by atoms with E-state index in [-0.39, 0.29) is 18.4 Å². The second-order valence-electron chi connectivity index (χ2n) is 6.42. The summed E-state index contributed by atoms with van der Waals surface area (Å²) in [7, 11) is 0. The highest BCUT2D eigenvalue weighted by molar-refractivity contribution is 6.33. The molecule has 0 atom stereocenters. The van der Waals surface area contributed by atoms with Gasteiger partial charge in [-0.25, -0.2) is 0 Å². The summed E-state index contributed by atoms with van der Waals surface area (Å²) in [6, 6.07) is 10.9. The molecule has 0 aliphatic heterocycles. The molecule has 0 aromatic heterocycles. The summed E-state index contributed by atoms with van der Waals surface area (Å²) in [6.07, 6.45) is 0.677. The van der Waals surface area contributed by atoms with Gasteiger partial charge in [0.1, 0.15) is 5.75 Å². The van der Waals surface area contributed by atoms with Crippen molar-refractivity contribution in [1.29, 1.82) is 0 Å². The predicted molar refractivity (Wildman–Crippen MR) is 108 cm³/mol. The molecule has 0 aliphatic carbocycles. The van der Waals surface area contributed by atoms with Crippen LogP contribution < -0.4 is 15.4 Å².